The Morgan fingerprint density at radius 3 is 2.35 bits per heavy atom. The van der Waals surface area contributed by atoms with Gasteiger partial charge < -0.3 is 14.0 Å². The number of hydrogen-bond donors (Lipinski definition) is 0. The number of ether oxygens (including phenoxy) is 2. The van der Waals surface area contributed by atoms with E-state index in [1.165, 1.54) is 10.4 Å². The summed E-state index contributed by atoms with van der Waals surface area (Å²) in [6.07, 6.45) is 0. The van der Waals surface area contributed by atoms with Crippen molar-refractivity contribution in [3.05, 3.63) is 41.2 Å². The first-order chi connectivity index (χ1) is 14.7. The maximum Gasteiger partial charge on any atom is 0.243 e. The Morgan fingerprint density at radius 2 is 1.71 bits per heavy atom. The lowest BCUT2D eigenvalue weighted by atomic mass is 10.1. The molecule has 0 N–H and O–H groups in total. The first-order valence-electron chi connectivity index (χ1n) is 10.5. The first kappa shape index (κ1) is 21.9. The van der Waals surface area contributed by atoms with Gasteiger partial charge in [-0.25, -0.2) is 8.42 Å². The van der Waals surface area contributed by atoms with Crippen molar-refractivity contribution in [3.63, 3.8) is 0 Å². The number of carbonyl (C=O) groups excluding carboxylic acids is 1. The Balaban J connectivity index is 1.40. The molecule has 0 bridgehead atoms. The van der Waals surface area contributed by atoms with Crippen LogP contribution in [-0.2, 0) is 10.0 Å². The van der Waals surface area contributed by atoms with Gasteiger partial charge in [0.05, 0.1) is 11.4 Å². The molecule has 31 heavy (non-hydrogen) atoms. The molecule has 8 nitrogen and oxygen atoms in total. The van der Waals surface area contributed by atoms with E-state index in [9.17, 15) is 13.2 Å². The normalized spacial score (nSPS) is 17.5. The van der Waals surface area contributed by atoms with Gasteiger partial charge in [-0.15, -0.1) is 0 Å². The Hall–Kier alpha value is -2.36. The van der Waals surface area contributed by atoms with Crippen LogP contribution in [0, 0.1) is 13.8 Å². The molecule has 4 rings (SSSR count). The number of aryl methyl sites for hydroxylation is 1. The van der Waals surface area contributed by atoms with Gasteiger partial charge in [0, 0.05) is 55.2 Å². The number of carbonyl (C=O) groups is 1. The summed E-state index contributed by atoms with van der Waals surface area (Å²) in [7, 11) is -3.62. The van der Waals surface area contributed by atoms with Crippen LogP contribution in [-0.4, -0.2) is 67.5 Å². The quantitative estimate of drug-likeness (QED) is 0.634. The van der Waals surface area contributed by atoms with Gasteiger partial charge in [-0.1, -0.05) is 0 Å². The predicted molar refractivity (Wildman–Crippen MR) is 116 cm³/mol. The van der Waals surface area contributed by atoms with E-state index in [2.05, 4.69) is 18.4 Å². The Morgan fingerprint density at radius 1 is 1.03 bits per heavy atom. The summed E-state index contributed by atoms with van der Waals surface area (Å²) in [4.78, 5) is 15.1. The van der Waals surface area contributed by atoms with E-state index >= 15 is 0 Å². The molecule has 0 amide bonds. The lowest BCUT2D eigenvalue weighted by Gasteiger charge is -2.33. The molecular formula is C22H29N3O5S. The second kappa shape index (κ2) is 8.29. The topological polar surface area (TPSA) is 81.1 Å². The number of rotatable bonds is 6. The minimum absolute atomic E-state index is 0.0760. The molecular weight excluding hydrogens is 418 g/mol. The summed E-state index contributed by atoms with van der Waals surface area (Å²) in [5, 5.41) is 0. The third-order valence-electron chi connectivity index (χ3n) is 5.98. The SMILES string of the molecule is Cc1cc(C(=O)CN2CCN(S(=O)(=O)c3ccc4c(c3)OCO4)CC2)c(C)n1C(C)C. The van der Waals surface area contributed by atoms with E-state index in [0.29, 0.717) is 50.3 Å². The molecule has 9 heteroatoms. The van der Waals surface area contributed by atoms with E-state index < -0.39 is 10.0 Å². The van der Waals surface area contributed by atoms with E-state index in [4.69, 9.17) is 9.47 Å². The van der Waals surface area contributed by atoms with E-state index in [-0.39, 0.29) is 17.5 Å². The number of benzene rings is 1. The summed E-state index contributed by atoms with van der Waals surface area (Å²) < 4.78 is 40.3. The van der Waals surface area contributed by atoms with E-state index in [1.54, 1.807) is 12.1 Å². The fourth-order valence-corrected chi connectivity index (χ4v) is 5.89. The summed E-state index contributed by atoms with van der Waals surface area (Å²) in [6, 6.07) is 6.93. The number of sulfonamides is 1. The molecule has 0 atom stereocenters. The Labute approximate surface area is 183 Å². The highest BCUT2D eigenvalue weighted by Crippen LogP contribution is 2.34. The minimum atomic E-state index is -3.62. The van der Waals surface area contributed by atoms with Crippen LogP contribution in [0.25, 0.3) is 0 Å². The highest BCUT2D eigenvalue weighted by Gasteiger charge is 2.31. The van der Waals surface area contributed by atoms with Crippen LogP contribution >= 0.6 is 0 Å². The Bertz CT molecular complexity index is 1100. The highest BCUT2D eigenvalue weighted by atomic mass is 32.2. The van der Waals surface area contributed by atoms with Crippen LogP contribution in [0.3, 0.4) is 0 Å². The lowest BCUT2D eigenvalue weighted by Crippen LogP contribution is -2.49. The molecule has 0 radical (unpaired) electrons. The van der Waals surface area contributed by atoms with Crippen molar-refractivity contribution in [1.29, 1.82) is 0 Å². The van der Waals surface area contributed by atoms with Gasteiger partial charge in [0.25, 0.3) is 0 Å². The molecule has 168 valence electrons. The molecule has 2 aliphatic rings. The standard InChI is InChI=1S/C22H29N3O5S/c1-15(2)25-16(3)11-19(17(25)4)20(26)13-23-7-9-24(10-8-23)31(27,28)18-5-6-21-22(12-18)30-14-29-21/h5-6,11-12,15H,7-10,13-14H2,1-4H3. The number of nitrogens with zero attached hydrogens (tertiary/aromatic N) is 3. The first-order valence-corrected chi connectivity index (χ1v) is 12.0. The van der Waals surface area contributed by atoms with Crippen LogP contribution in [0.2, 0.25) is 0 Å². The van der Waals surface area contributed by atoms with Crippen molar-refractivity contribution in [2.75, 3.05) is 39.5 Å². The molecule has 2 aliphatic heterocycles. The molecule has 0 unspecified atom stereocenters. The van der Waals surface area contributed by atoms with Gasteiger partial charge in [0.1, 0.15) is 0 Å². The van der Waals surface area contributed by atoms with Crippen LogP contribution in [0.5, 0.6) is 11.5 Å². The molecule has 1 fully saturated rings. The third-order valence-corrected chi connectivity index (χ3v) is 7.88. The van der Waals surface area contributed by atoms with Gasteiger partial charge in [-0.2, -0.15) is 4.31 Å². The maximum absolute atomic E-state index is 13.0. The fourth-order valence-electron chi connectivity index (χ4n) is 4.46. The predicted octanol–water partition coefficient (Wildman–Crippen LogP) is 2.60. The molecule has 1 saturated heterocycles. The fraction of sp³-hybridized carbons (Fsp3) is 0.500. The summed E-state index contributed by atoms with van der Waals surface area (Å²) >= 11 is 0. The molecule has 0 saturated carbocycles. The number of hydrogen-bond acceptors (Lipinski definition) is 6. The van der Waals surface area contributed by atoms with Gasteiger partial charge in [0.2, 0.25) is 16.8 Å². The second-order valence-corrected chi connectivity index (χ2v) is 10.3. The summed E-state index contributed by atoms with van der Waals surface area (Å²) in [5.74, 6) is 1.08. The van der Waals surface area contributed by atoms with Gasteiger partial charge in [-0.05, 0) is 45.9 Å². The molecule has 1 aromatic heterocycles. The zero-order chi connectivity index (χ0) is 22.3. The number of fused-ring (bicyclic) bond motifs is 1. The lowest BCUT2D eigenvalue weighted by molar-refractivity contribution is 0.0901. The van der Waals surface area contributed by atoms with Crippen LogP contribution in [0.15, 0.2) is 29.2 Å². The number of ketones is 1. The number of aromatic nitrogens is 1. The number of Topliss-reactive ketones (excluding diaryl/α,β-unsaturated/α-hetero) is 1. The molecule has 0 aliphatic carbocycles. The van der Waals surface area contributed by atoms with Crippen molar-refractivity contribution in [2.45, 2.75) is 38.6 Å². The Kier molecular flexibility index (Phi) is 5.85. The summed E-state index contributed by atoms with van der Waals surface area (Å²) in [5.41, 5.74) is 2.82. The van der Waals surface area contributed by atoms with E-state index in [1.807, 2.05) is 24.8 Å². The zero-order valence-corrected chi connectivity index (χ0v) is 19.2. The number of piperazine rings is 1. The van der Waals surface area contributed by atoms with Crippen molar-refractivity contribution in [2.24, 2.45) is 0 Å². The third kappa shape index (κ3) is 4.09. The molecule has 1 aromatic carbocycles. The average Bonchev–Trinajstić information content (AvgIpc) is 3.31. The highest BCUT2D eigenvalue weighted by molar-refractivity contribution is 7.89. The monoisotopic (exact) mass is 447 g/mol. The molecule has 2 aromatic rings. The molecule has 3 heterocycles. The van der Waals surface area contributed by atoms with Crippen LogP contribution in [0.4, 0.5) is 0 Å². The average molecular weight is 448 g/mol. The molecule has 0 spiro atoms. The van der Waals surface area contributed by atoms with Crippen LogP contribution in [0.1, 0.15) is 41.6 Å². The summed E-state index contributed by atoms with van der Waals surface area (Å²) in [6.45, 7) is 10.3. The van der Waals surface area contributed by atoms with Crippen LogP contribution < -0.4 is 9.47 Å². The van der Waals surface area contributed by atoms with Gasteiger partial charge >= 0.3 is 0 Å². The second-order valence-electron chi connectivity index (χ2n) is 8.37. The van der Waals surface area contributed by atoms with Crippen molar-refractivity contribution < 1.29 is 22.7 Å². The minimum Gasteiger partial charge on any atom is -0.454 e. The van der Waals surface area contributed by atoms with Gasteiger partial charge in [0.15, 0.2) is 17.3 Å². The largest absolute Gasteiger partial charge is 0.454 e. The van der Waals surface area contributed by atoms with E-state index in [0.717, 1.165) is 17.0 Å². The smallest absolute Gasteiger partial charge is 0.243 e. The maximum atomic E-state index is 13.0. The van der Waals surface area contributed by atoms with Gasteiger partial charge in [-0.3, -0.25) is 9.69 Å². The van der Waals surface area contributed by atoms with Crippen molar-refractivity contribution in [1.82, 2.24) is 13.8 Å². The zero-order valence-electron chi connectivity index (χ0n) is 18.4. The van der Waals surface area contributed by atoms with Crippen molar-refractivity contribution in [3.8, 4) is 11.5 Å². The van der Waals surface area contributed by atoms with Crippen molar-refractivity contribution >= 4 is 15.8 Å².